The third-order valence-corrected chi connectivity index (χ3v) is 3.56. The Kier molecular flexibility index (Phi) is 3.93. The first-order valence-electron chi connectivity index (χ1n) is 5.56. The molecular weight excluding hydrogens is 176 g/mol. The Hall–Kier alpha value is -0.120. The third-order valence-electron chi connectivity index (χ3n) is 3.56. The molecule has 0 aliphatic carbocycles. The van der Waals surface area contributed by atoms with Crippen LogP contribution in [0.3, 0.4) is 0 Å². The molecule has 1 saturated heterocycles. The lowest BCUT2D eigenvalue weighted by atomic mass is 9.93. The summed E-state index contributed by atoms with van der Waals surface area (Å²) in [5.74, 6) is 0. The second-order valence-corrected chi connectivity index (χ2v) is 5.03. The minimum Gasteiger partial charge on any atom is -0.394 e. The van der Waals surface area contributed by atoms with Gasteiger partial charge in [0.25, 0.3) is 0 Å². The number of nitrogens with one attached hydrogen (secondary N) is 1. The number of aliphatic hydroxyl groups is 1. The number of nitrogens with zero attached hydrogens (tertiary/aromatic N) is 1. The molecule has 84 valence electrons. The summed E-state index contributed by atoms with van der Waals surface area (Å²) in [4.78, 5) is 2.31. The summed E-state index contributed by atoms with van der Waals surface area (Å²) >= 11 is 0. The van der Waals surface area contributed by atoms with Gasteiger partial charge in [-0.1, -0.05) is 0 Å². The Morgan fingerprint density at radius 2 is 2.14 bits per heavy atom. The lowest BCUT2D eigenvalue weighted by Crippen LogP contribution is -2.58. The van der Waals surface area contributed by atoms with Crippen molar-refractivity contribution in [2.75, 3.05) is 20.2 Å². The van der Waals surface area contributed by atoms with Crippen LogP contribution < -0.4 is 5.32 Å². The number of hydrogen-bond acceptors (Lipinski definition) is 3. The molecule has 1 aliphatic heterocycles. The van der Waals surface area contributed by atoms with Crippen molar-refractivity contribution in [3.05, 3.63) is 0 Å². The van der Waals surface area contributed by atoms with Gasteiger partial charge >= 0.3 is 0 Å². The maximum atomic E-state index is 9.32. The summed E-state index contributed by atoms with van der Waals surface area (Å²) in [5, 5.41) is 12.8. The van der Waals surface area contributed by atoms with Crippen LogP contribution in [-0.4, -0.2) is 47.8 Å². The summed E-state index contributed by atoms with van der Waals surface area (Å²) in [7, 11) is 2.12. The molecule has 3 heteroatoms. The van der Waals surface area contributed by atoms with Crippen LogP contribution in [0.5, 0.6) is 0 Å². The fourth-order valence-corrected chi connectivity index (χ4v) is 2.12. The van der Waals surface area contributed by atoms with Crippen molar-refractivity contribution >= 4 is 0 Å². The maximum Gasteiger partial charge on any atom is 0.0610 e. The van der Waals surface area contributed by atoms with Gasteiger partial charge in [-0.15, -0.1) is 0 Å². The zero-order chi connectivity index (χ0) is 10.8. The minimum atomic E-state index is -0.113. The van der Waals surface area contributed by atoms with E-state index in [-0.39, 0.29) is 12.1 Å². The molecule has 1 heterocycles. The van der Waals surface area contributed by atoms with Crippen molar-refractivity contribution in [2.24, 2.45) is 0 Å². The topological polar surface area (TPSA) is 35.5 Å². The summed E-state index contributed by atoms with van der Waals surface area (Å²) in [6, 6.07) is 1.07. The molecular formula is C11H24N2O. The van der Waals surface area contributed by atoms with Crippen molar-refractivity contribution in [3.63, 3.8) is 0 Å². The summed E-state index contributed by atoms with van der Waals surface area (Å²) < 4.78 is 0. The normalized spacial score (nSPS) is 29.6. The van der Waals surface area contributed by atoms with Crippen LogP contribution >= 0.6 is 0 Å². The van der Waals surface area contributed by atoms with Crippen LogP contribution in [-0.2, 0) is 0 Å². The van der Waals surface area contributed by atoms with E-state index in [0.29, 0.717) is 12.1 Å². The highest BCUT2D eigenvalue weighted by Gasteiger charge is 2.32. The molecule has 0 aromatic heterocycles. The molecule has 1 aliphatic rings. The van der Waals surface area contributed by atoms with Crippen LogP contribution in [0.15, 0.2) is 0 Å². The zero-order valence-electron chi connectivity index (χ0n) is 9.88. The molecule has 1 rings (SSSR count). The molecule has 2 unspecified atom stereocenters. The van der Waals surface area contributed by atoms with Crippen LogP contribution in [0.4, 0.5) is 0 Å². The second kappa shape index (κ2) is 4.60. The summed E-state index contributed by atoms with van der Waals surface area (Å²) in [6.45, 7) is 7.76. The Labute approximate surface area is 87.5 Å². The van der Waals surface area contributed by atoms with Gasteiger partial charge < -0.3 is 10.4 Å². The van der Waals surface area contributed by atoms with E-state index in [1.165, 1.54) is 12.8 Å². The molecule has 0 saturated carbocycles. The number of piperidine rings is 1. The molecule has 0 spiro atoms. The smallest absolute Gasteiger partial charge is 0.0610 e. The Bertz CT molecular complexity index is 182. The highest BCUT2D eigenvalue weighted by molar-refractivity contribution is 4.91. The van der Waals surface area contributed by atoms with Gasteiger partial charge in [-0.2, -0.15) is 0 Å². The summed E-state index contributed by atoms with van der Waals surface area (Å²) in [6.07, 6.45) is 2.47. The van der Waals surface area contributed by atoms with E-state index in [4.69, 9.17) is 0 Å². The Morgan fingerprint density at radius 1 is 1.50 bits per heavy atom. The van der Waals surface area contributed by atoms with Gasteiger partial charge in [0, 0.05) is 17.6 Å². The first-order chi connectivity index (χ1) is 6.49. The predicted molar refractivity (Wildman–Crippen MR) is 59.4 cm³/mol. The van der Waals surface area contributed by atoms with Crippen molar-refractivity contribution in [1.29, 1.82) is 0 Å². The second-order valence-electron chi connectivity index (χ2n) is 5.03. The predicted octanol–water partition coefficient (Wildman–Crippen LogP) is 0.830. The van der Waals surface area contributed by atoms with Crippen LogP contribution in [0.2, 0.25) is 0 Å². The van der Waals surface area contributed by atoms with Crippen LogP contribution in [0, 0.1) is 0 Å². The first-order valence-corrected chi connectivity index (χ1v) is 5.56. The third kappa shape index (κ3) is 2.47. The number of hydrogen-bond donors (Lipinski definition) is 2. The number of rotatable bonds is 3. The van der Waals surface area contributed by atoms with E-state index < -0.39 is 0 Å². The van der Waals surface area contributed by atoms with Crippen molar-refractivity contribution in [1.82, 2.24) is 10.2 Å². The van der Waals surface area contributed by atoms with Gasteiger partial charge in [-0.25, -0.2) is 0 Å². The Balaban J connectivity index is 2.62. The lowest BCUT2D eigenvalue weighted by molar-refractivity contribution is 0.0227. The largest absolute Gasteiger partial charge is 0.394 e. The van der Waals surface area contributed by atoms with E-state index in [1.54, 1.807) is 0 Å². The van der Waals surface area contributed by atoms with E-state index in [9.17, 15) is 5.11 Å². The molecule has 3 nitrogen and oxygen atoms in total. The van der Waals surface area contributed by atoms with Crippen molar-refractivity contribution < 1.29 is 5.11 Å². The lowest BCUT2D eigenvalue weighted by Gasteiger charge is -2.44. The highest BCUT2D eigenvalue weighted by atomic mass is 16.3. The highest BCUT2D eigenvalue weighted by Crippen LogP contribution is 2.22. The minimum absolute atomic E-state index is 0.113. The molecule has 2 atom stereocenters. The molecule has 0 amide bonds. The fraction of sp³-hybridized carbons (Fsp3) is 1.00. The molecule has 1 fully saturated rings. The average Bonchev–Trinajstić information content (AvgIpc) is 2.17. The molecule has 0 radical (unpaired) electrons. The van der Waals surface area contributed by atoms with Crippen molar-refractivity contribution in [3.8, 4) is 0 Å². The maximum absolute atomic E-state index is 9.32. The molecule has 0 aromatic carbocycles. The molecule has 2 N–H and O–H groups in total. The van der Waals surface area contributed by atoms with Gasteiger partial charge in [0.1, 0.15) is 0 Å². The zero-order valence-corrected chi connectivity index (χ0v) is 9.88. The number of likely N-dealkylation sites (N-methyl/N-ethyl adjacent to an activating group) is 1. The monoisotopic (exact) mass is 200 g/mol. The van der Waals surface area contributed by atoms with E-state index in [0.717, 1.165) is 6.54 Å². The Morgan fingerprint density at radius 3 is 2.64 bits per heavy atom. The van der Waals surface area contributed by atoms with Gasteiger partial charge in [0.2, 0.25) is 0 Å². The summed E-state index contributed by atoms with van der Waals surface area (Å²) in [5.41, 5.74) is -0.113. The quantitative estimate of drug-likeness (QED) is 0.708. The van der Waals surface area contributed by atoms with Gasteiger partial charge in [-0.3, -0.25) is 4.90 Å². The number of aliphatic hydroxyl groups excluding tert-OH is 1. The molecule has 0 bridgehead atoms. The van der Waals surface area contributed by atoms with Gasteiger partial charge in [0.15, 0.2) is 0 Å². The van der Waals surface area contributed by atoms with Crippen LogP contribution in [0.1, 0.15) is 33.6 Å². The van der Waals surface area contributed by atoms with E-state index in [1.807, 2.05) is 0 Å². The van der Waals surface area contributed by atoms with Gasteiger partial charge in [0.05, 0.1) is 6.61 Å². The standard InChI is InChI=1S/C11H24N2O/c1-9-10(6-5-7-12-9)13(4)11(2,3)8-14/h9-10,12,14H,5-8H2,1-4H3. The fourth-order valence-electron chi connectivity index (χ4n) is 2.12. The SMILES string of the molecule is CC1NCCCC1N(C)C(C)(C)CO. The van der Waals surface area contributed by atoms with E-state index >= 15 is 0 Å². The van der Waals surface area contributed by atoms with E-state index in [2.05, 4.69) is 38.0 Å². The van der Waals surface area contributed by atoms with Gasteiger partial charge in [-0.05, 0) is 47.2 Å². The van der Waals surface area contributed by atoms with Crippen LogP contribution in [0.25, 0.3) is 0 Å². The first kappa shape index (κ1) is 12.0. The molecule has 14 heavy (non-hydrogen) atoms. The molecule has 0 aromatic rings. The average molecular weight is 200 g/mol. The van der Waals surface area contributed by atoms with Crippen molar-refractivity contribution in [2.45, 2.75) is 51.2 Å².